The zero-order valence-electron chi connectivity index (χ0n) is 4.61. The first kappa shape index (κ1) is 6.88. The maximum absolute atomic E-state index is 9.96. The molecule has 1 rings (SSSR count). The number of rotatable bonds is 1. The molecule has 10 heavy (non-hydrogen) atoms. The van der Waals surface area contributed by atoms with E-state index in [-0.39, 0.29) is 11.0 Å². The van der Waals surface area contributed by atoms with Gasteiger partial charge in [-0.05, 0) is 11.6 Å². The molecule has 0 amide bonds. The van der Waals surface area contributed by atoms with Crippen LogP contribution in [-0.4, -0.2) is 14.9 Å². The van der Waals surface area contributed by atoms with Crippen molar-refractivity contribution in [1.82, 2.24) is 9.97 Å². The Labute approximate surface area is 60.8 Å². The van der Waals surface area contributed by atoms with Gasteiger partial charge in [-0.2, -0.15) is 0 Å². The van der Waals surface area contributed by atoms with E-state index in [4.69, 9.17) is 11.6 Å². The zero-order chi connectivity index (χ0) is 7.56. The number of nitrogens with zero attached hydrogens (tertiary/aromatic N) is 3. The lowest BCUT2D eigenvalue weighted by Gasteiger charge is -1.86. The van der Waals surface area contributed by atoms with E-state index in [9.17, 15) is 10.1 Å². The second-order valence-electron chi connectivity index (χ2n) is 1.39. The molecule has 0 saturated heterocycles. The monoisotopic (exact) mass is 158 g/mol. The van der Waals surface area contributed by atoms with Crippen molar-refractivity contribution in [3.8, 4) is 0 Å². The van der Waals surface area contributed by atoms with Crippen LogP contribution in [0.2, 0.25) is 5.28 Å². The highest BCUT2D eigenvalue weighted by molar-refractivity contribution is 6.28. The number of hydrogen-bond acceptors (Lipinski definition) is 4. The molecule has 0 bridgehead atoms. The van der Waals surface area contributed by atoms with E-state index in [0.29, 0.717) is 0 Å². The van der Waals surface area contributed by atoms with E-state index < -0.39 is 4.92 Å². The summed E-state index contributed by atoms with van der Waals surface area (Å²) >= 11 is 5.24. The molecule has 0 aromatic carbocycles. The van der Waals surface area contributed by atoms with Crippen LogP contribution in [-0.2, 0) is 0 Å². The average Bonchev–Trinajstić information content (AvgIpc) is 1.88. The van der Waals surface area contributed by atoms with Crippen LogP contribution in [0, 0.1) is 16.3 Å². The molecule has 0 fully saturated rings. The predicted octanol–water partition coefficient (Wildman–Crippen LogP) is 0.838. The van der Waals surface area contributed by atoms with Crippen molar-refractivity contribution in [2.75, 3.05) is 0 Å². The Kier molecular flexibility index (Phi) is 1.77. The summed E-state index contributed by atoms with van der Waals surface area (Å²) in [7, 11) is 0. The Morgan fingerprint density at radius 2 is 2.50 bits per heavy atom. The summed E-state index contributed by atoms with van der Waals surface area (Å²) in [5.41, 5.74) is -0.288. The minimum Gasteiger partial charge on any atom is -0.258 e. The highest BCUT2D eigenvalue weighted by Crippen LogP contribution is 2.06. The molecule has 0 N–H and O–H groups in total. The van der Waals surface area contributed by atoms with Crippen LogP contribution in [0.3, 0.4) is 0 Å². The quantitative estimate of drug-likeness (QED) is 0.345. The molecule has 0 aliphatic carbocycles. The first-order chi connectivity index (χ1) is 4.70. The van der Waals surface area contributed by atoms with E-state index in [0.717, 1.165) is 6.20 Å². The fourth-order valence-electron chi connectivity index (χ4n) is 0.364. The third-order valence-electron chi connectivity index (χ3n) is 0.753. The predicted molar refractivity (Wildman–Crippen MR) is 32.5 cm³/mol. The number of aromatic nitrogens is 2. The van der Waals surface area contributed by atoms with Crippen molar-refractivity contribution >= 4 is 17.3 Å². The van der Waals surface area contributed by atoms with Crippen LogP contribution < -0.4 is 0 Å². The highest BCUT2D eigenvalue weighted by Gasteiger charge is 2.05. The molecule has 5 nitrogen and oxygen atoms in total. The van der Waals surface area contributed by atoms with E-state index in [1.54, 1.807) is 0 Å². The van der Waals surface area contributed by atoms with Gasteiger partial charge in [0.25, 0.3) is 0 Å². The third-order valence-corrected chi connectivity index (χ3v) is 0.935. The van der Waals surface area contributed by atoms with Gasteiger partial charge in [-0.1, -0.05) is 0 Å². The van der Waals surface area contributed by atoms with E-state index >= 15 is 0 Å². The minimum absolute atomic E-state index is 0.0504. The Hall–Kier alpha value is -1.23. The van der Waals surface area contributed by atoms with Crippen LogP contribution in [0.5, 0.6) is 0 Å². The zero-order valence-corrected chi connectivity index (χ0v) is 5.37. The van der Waals surface area contributed by atoms with E-state index in [2.05, 4.69) is 16.2 Å². The maximum Gasteiger partial charge on any atom is 0.315 e. The molecule has 6 heteroatoms. The summed E-state index contributed by atoms with van der Waals surface area (Å²) in [5.74, 6) is 0. The molecule has 51 valence electrons. The van der Waals surface area contributed by atoms with Crippen molar-refractivity contribution in [3.63, 3.8) is 0 Å². The summed E-state index contributed by atoms with van der Waals surface area (Å²) in [6, 6.07) is 0. The van der Waals surface area contributed by atoms with Crippen LogP contribution >= 0.6 is 11.6 Å². The van der Waals surface area contributed by atoms with Crippen LogP contribution in [0.4, 0.5) is 5.69 Å². The minimum atomic E-state index is -0.643. The first-order valence-corrected chi connectivity index (χ1v) is 2.62. The normalized spacial score (nSPS) is 9.30. The molecule has 1 aromatic rings. The van der Waals surface area contributed by atoms with Gasteiger partial charge in [0, 0.05) is 0 Å². The highest BCUT2D eigenvalue weighted by atomic mass is 35.5. The SMILES string of the molecule is O=[N+]([O-])c1[c]nc(Cl)nc1. The standard InChI is InChI=1S/C4HClN3O2/c5-4-6-1-3(2-7-4)8(9)10/h1H. The van der Waals surface area contributed by atoms with Gasteiger partial charge in [0.1, 0.15) is 6.20 Å². The summed E-state index contributed by atoms with van der Waals surface area (Å²) in [6.07, 6.45) is 3.09. The molecule has 1 radical (unpaired) electrons. The Balaban J connectivity index is 3.00. The molecular weight excluding hydrogens is 158 g/mol. The molecule has 0 saturated carbocycles. The van der Waals surface area contributed by atoms with E-state index in [1.807, 2.05) is 0 Å². The maximum atomic E-state index is 9.96. The van der Waals surface area contributed by atoms with Gasteiger partial charge in [0.15, 0.2) is 6.20 Å². The summed E-state index contributed by atoms with van der Waals surface area (Å²) in [5, 5.41) is 9.91. The van der Waals surface area contributed by atoms with Crippen molar-refractivity contribution in [1.29, 1.82) is 0 Å². The number of hydrogen-bond donors (Lipinski definition) is 0. The van der Waals surface area contributed by atoms with Gasteiger partial charge >= 0.3 is 5.69 Å². The molecular formula is C4HClN3O2. The van der Waals surface area contributed by atoms with Crippen molar-refractivity contribution in [2.24, 2.45) is 0 Å². The first-order valence-electron chi connectivity index (χ1n) is 2.25. The Morgan fingerprint density at radius 3 is 2.90 bits per heavy atom. The molecule has 1 aromatic heterocycles. The molecule has 0 spiro atoms. The lowest BCUT2D eigenvalue weighted by Crippen LogP contribution is -1.90. The second kappa shape index (κ2) is 2.57. The van der Waals surface area contributed by atoms with Gasteiger partial charge in [0.05, 0.1) is 4.92 Å². The second-order valence-corrected chi connectivity index (χ2v) is 1.73. The average molecular weight is 159 g/mol. The van der Waals surface area contributed by atoms with Crippen LogP contribution in [0.15, 0.2) is 6.20 Å². The van der Waals surface area contributed by atoms with E-state index in [1.165, 1.54) is 0 Å². The largest absolute Gasteiger partial charge is 0.315 e. The molecule has 0 atom stereocenters. The molecule has 1 heterocycles. The lowest BCUT2D eigenvalue weighted by molar-refractivity contribution is -0.385. The topological polar surface area (TPSA) is 68.9 Å². The third kappa shape index (κ3) is 1.38. The van der Waals surface area contributed by atoms with Crippen LogP contribution in [0.25, 0.3) is 0 Å². The van der Waals surface area contributed by atoms with Gasteiger partial charge in [0.2, 0.25) is 5.28 Å². The Morgan fingerprint density at radius 1 is 1.80 bits per heavy atom. The summed E-state index contributed by atoms with van der Waals surface area (Å²) < 4.78 is 0. The van der Waals surface area contributed by atoms with Crippen molar-refractivity contribution in [2.45, 2.75) is 0 Å². The van der Waals surface area contributed by atoms with Crippen molar-refractivity contribution in [3.05, 3.63) is 27.8 Å². The fraction of sp³-hybridized carbons (Fsp3) is 0. The molecule has 0 aliphatic rings. The van der Waals surface area contributed by atoms with Gasteiger partial charge in [-0.3, -0.25) is 10.1 Å². The summed E-state index contributed by atoms with van der Waals surface area (Å²) in [4.78, 5) is 16.0. The van der Waals surface area contributed by atoms with Crippen molar-refractivity contribution < 1.29 is 4.92 Å². The van der Waals surface area contributed by atoms with Gasteiger partial charge < -0.3 is 0 Å². The smallest absolute Gasteiger partial charge is 0.258 e. The van der Waals surface area contributed by atoms with Crippen LogP contribution in [0.1, 0.15) is 0 Å². The molecule has 0 unspecified atom stereocenters. The summed E-state index contributed by atoms with van der Waals surface area (Å²) in [6.45, 7) is 0. The van der Waals surface area contributed by atoms with Gasteiger partial charge in [-0.15, -0.1) is 0 Å². The number of halogens is 1. The Bertz CT molecular complexity index is 247. The fourth-order valence-corrected chi connectivity index (χ4v) is 0.455. The number of nitro groups is 1. The van der Waals surface area contributed by atoms with Gasteiger partial charge in [-0.25, -0.2) is 9.97 Å². The molecule has 0 aliphatic heterocycles. The lowest BCUT2D eigenvalue weighted by atomic mass is 10.6.